The van der Waals surface area contributed by atoms with Crippen molar-refractivity contribution in [1.82, 2.24) is 9.88 Å². The van der Waals surface area contributed by atoms with E-state index in [4.69, 9.17) is 16.3 Å². The molecule has 2 rings (SSSR count). The van der Waals surface area contributed by atoms with Crippen molar-refractivity contribution in [3.8, 4) is 0 Å². The Bertz CT molecular complexity index is 361. The van der Waals surface area contributed by atoms with Gasteiger partial charge in [-0.3, -0.25) is 4.79 Å². The first kappa shape index (κ1) is 11.4. The largest absolute Gasteiger partial charge is 0.378 e. The first-order valence-electron chi connectivity index (χ1n) is 5.21. The third kappa shape index (κ3) is 2.93. The van der Waals surface area contributed by atoms with Gasteiger partial charge in [-0.2, -0.15) is 0 Å². The summed E-state index contributed by atoms with van der Waals surface area (Å²) >= 11 is 5.67. The maximum Gasteiger partial charge on any atom is 0.227 e. The third-order valence-corrected chi connectivity index (χ3v) is 2.73. The SMILES string of the molecule is O=C(Cc1ccc(Cl)nc1)N1CCOCC1. The number of rotatable bonds is 2. The predicted molar refractivity (Wildman–Crippen MR) is 60.4 cm³/mol. The summed E-state index contributed by atoms with van der Waals surface area (Å²) in [4.78, 5) is 17.6. The number of hydrogen-bond acceptors (Lipinski definition) is 3. The fourth-order valence-corrected chi connectivity index (χ4v) is 1.72. The second-order valence-corrected chi connectivity index (χ2v) is 4.05. The lowest BCUT2D eigenvalue weighted by atomic mass is 10.2. The van der Waals surface area contributed by atoms with E-state index in [0.29, 0.717) is 37.9 Å². The Labute approximate surface area is 99.2 Å². The van der Waals surface area contributed by atoms with Gasteiger partial charge in [-0.25, -0.2) is 4.98 Å². The van der Waals surface area contributed by atoms with Gasteiger partial charge in [0.05, 0.1) is 19.6 Å². The van der Waals surface area contributed by atoms with Crippen molar-refractivity contribution >= 4 is 17.5 Å². The maximum absolute atomic E-state index is 11.9. The van der Waals surface area contributed by atoms with E-state index in [1.54, 1.807) is 12.3 Å². The molecule has 16 heavy (non-hydrogen) atoms. The summed E-state index contributed by atoms with van der Waals surface area (Å²) in [5, 5.41) is 0.447. The summed E-state index contributed by atoms with van der Waals surface area (Å²) in [6.07, 6.45) is 2.02. The Morgan fingerprint density at radius 2 is 2.19 bits per heavy atom. The van der Waals surface area contributed by atoms with Crippen LogP contribution in [-0.2, 0) is 16.0 Å². The van der Waals surface area contributed by atoms with Gasteiger partial charge in [-0.1, -0.05) is 17.7 Å². The average Bonchev–Trinajstić information content (AvgIpc) is 2.33. The number of ether oxygens (including phenoxy) is 1. The molecule has 1 aliphatic heterocycles. The van der Waals surface area contributed by atoms with E-state index < -0.39 is 0 Å². The molecule has 0 saturated carbocycles. The molecule has 4 nitrogen and oxygen atoms in total. The van der Waals surface area contributed by atoms with Gasteiger partial charge in [-0.15, -0.1) is 0 Å². The van der Waals surface area contributed by atoms with E-state index >= 15 is 0 Å². The lowest BCUT2D eigenvalue weighted by Crippen LogP contribution is -2.41. The van der Waals surface area contributed by atoms with Crippen LogP contribution >= 0.6 is 11.6 Å². The van der Waals surface area contributed by atoms with Crippen LogP contribution in [0.2, 0.25) is 5.15 Å². The number of nitrogens with zero attached hydrogens (tertiary/aromatic N) is 2. The van der Waals surface area contributed by atoms with Gasteiger partial charge in [0.25, 0.3) is 0 Å². The van der Waals surface area contributed by atoms with Crippen molar-refractivity contribution < 1.29 is 9.53 Å². The second-order valence-electron chi connectivity index (χ2n) is 3.66. The molecule has 1 saturated heterocycles. The van der Waals surface area contributed by atoms with Gasteiger partial charge < -0.3 is 9.64 Å². The maximum atomic E-state index is 11.9. The fourth-order valence-electron chi connectivity index (χ4n) is 1.61. The average molecular weight is 241 g/mol. The molecule has 2 heterocycles. The Hall–Kier alpha value is -1.13. The highest BCUT2D eigenvalue weighted by atomic mass is 35.5. The van der Waals surface area contributed by atoms with E-state index in [1.165, 1.54) is 0 Å². The molecule has 1 fully saturated rings. The number of carbonyl (C=O) groups excluding carboxylic acids is 1. The monoisotopic (exact) mass is 240 g/mol. The van der Waals surface area contributed by atoms with E-state index in [2.05, 4.69) is 4.98 Å². The standard InChI is InChI=1S/C11H13ClN2O2/c12-10-2-1-9(8-13-10)7-11(15)14-3-5-16-6-4-14/h1-2,8H,3-7H2. The highest BCUT2D eigenvalue weighted by Gasteiger charge is 2.16. The summed E-state index contributed by atoms with van der Waals surface area (Å²) in [6.45, 7) is 2.62. The van der Waals surface area contributed by atoms with Crippen molar-refractivity contribution in [1.29, 1.82) is 0 Å². The highest BCUT2D eigenvalue weighted by Crippen LogP contribution is 2.08. The molecule has 1 aromatic heterocycles. The first-order valence-corrected chi connectivity index (χ1v) is 5.59. The van der Waals surface area contributed by atoms with Crippen LogP contribution in [0.25, 0.3) is 0 Å². The molecule has 0 aromatic carbocycles. The number of carbonyl (C=O) groups is 1. The van der Waals surface area contributed by atoms with Gasteiger partial charge >= 0.3 is 0 Å². The summed E-state index contributed by atoms with van der Waals surface area (Å²) in [5.74, 6) is 0.118. The molecule has 86 valence electrons. The molecular formula is C11H13ClN2O2. The molecule has 0 unspecified atom stereocenters. The lowest BCUT2D eigenvalue weighted by Gasteiger charge is -2.26. The van der Waals surface area contributed by atoms with E-state index in [9.17, 15) is 4.79 Å². The van der Waals surface area contributed by atoms with E-state index in [-0.39, 0.29) is 5.91 Å². The summed E-state index contributed by atoms with van der Waals surface area (Å²) in [7, 11) is 0. The molecule has 0 N–H and O–H groups in total. The summed E-state index contributed by atoms with van der Waals surface area (Å²) in [5.41, 5.74) is 0.890. The minimum Gasteiger partial charge on any atom is -0.378 e. The van der Waals surface area contributed by atoms with Gasteiger partial charge in [0.15, 0.2) is 0 Å². The number of morpholine rings is 1. The van der Waals surface area contributed by atoms with Crippen LogP contribution in [0.15, 0.2) is 18.3 Å². The number of hydrogen-bond donors (Lipinski definition) is 0. The molecular weight excluding hydrogens is 228 g/mol. The molecule has 1 aliphatic rings. The van der Waals surface area contributed by atoms with Crippen LogP contribution < -0.4 is 0 Å². The van der Waals surface area contributed by atoms with Crippen LogP contribution in [0, 0.1) is 0 Å². The molecule has 1 amide bonds. The van der Waals surface area contributed by atoms with Crippen molar-refractivity contribution in [2.24, 2.45) is 0 Å². The smallest absolute Gasteiger partial charge is 0.227 e. The van der Waals surface area contributed by atoms with Crippen LogP contribution in [0.5, 0.6) is 0 Å². The van der Waals surface area contributed by atoms with Crippen LogP contribution in [0.1, 0.15) is 5.56 Å². The summed E-state index contributed by atoms with van der Waals surface area (Å²) < 4.78 is 5.19. The minimum absolute atomic E-state index is 0.118. The van der Waals surface area contributed by atoms with Gasteiger partial charge in [0.2, 0.25) is 5.91 Å². The van der Waals surface area contributed by atoms with Crippen LogP contribution in [0.3, 0.4) is 0 Å². The number of pyridine rings is 1. The Kier molecular flexibility index (Phi) is 3.74. The second kappa shape index (κ2) is 5.27. The first-order chi connectivity index (χ1) is 7.75. The topological polar surface area (TPSA) is 42.4 Å². The zero-order valence-electron chi connectivity index (χ0n) is 8.86. The number of aromatic nitrogens is 1. The quantitative estimate of drug-likeness (QED) is 0.728. The van der Waals surface area contributed by atoms with E-state index in [0.717, 1.165) is 5.56 Å². The molecule has 0 aliphatic carbocycles. The summed E-state index contributed by atoms with van der Waals surface area (Å²) in [6, 6.07) is 3.52. The normalized spacial score (nSPS) is 16.2. The molecule has 0 radical (unpaired) electrons. The van der Waals surface area contributed by atoms with Crippen molar-refractivity contribution in [3.63, 3.8) is 0 Å². The van der Waals surface area contributed by atoms with Gasteiger partial charge in [0, 0.05) is 19.3 Å². The molecule has 0 atom stereocenters. The zero-order chi connectivity index (χ0) is 11.4. The number of halogens is 1. The molecule has 1 aromatic rings. The fraction of sp³-hybridized carbons (Fsp3) is 0.455. The van der Waals surface area contributed by atoms with Crippen LogP contribution in [0.4, 0.5) is 0 Å². The highest BCUT2D eigenvalue weighted by molar-refractivity contribution is 6.29. The third-order valence-electron chi connectivity index (χ3n) is 2.51. The lowest BCUT2D eigenvalue weighted by molar-refractivity contribution is -0.134. The molecule has 5 heteroatoms. The number of amides is 1. The van der Waals surface area contributed by atoms with Crippen molar-refractivity contribution in [2.75, 3.05) is 26.3 Å². The minimum atomic E-state index is 0.118. The van der Waals surface area contributed by atoms with Gasteiger partial charge in [-0.05, 0) is 11.6 Å². The van der Waals surface area contributed by atoms with Gasteiger partial charge in [0.1, 0.15) is 5.15 Å². The zero-order valence-corrected chi connectivity index (χ0v) is 9.61. The Morgan fingerprint density at radius 1 is 1.44 bits per heavy atom. The van der Waals surface area contributed by atoms with E-state index in [1.807, 2.05) is 11.0 Å². The predicted octanol–water partition coefficient (Wildman–Crippen LogP) is 1.14. The van der Waals surface area contributed by atoms with Crippen molar-refractivity contribution in [2.45, 2.75) is 6.42 Å². The molecule has 0 spiro atoms. The Balaban J connectivity index is 1.93. The van der Waals surface area contributed by atoms with Crippen molar-refractivity contribution in [3.05, 3.63) is 29.0 Å². The van der Waals surface area contributed by atoms with Crippen LogP contribution in [-0.4, -0.2) is 42.1 Å². The Morgan fingerprint density at radius 3 is 2.81 bits per heavy atom. The molecule has 0 bridgehead atoms.